The van der Waals surface area contributed by atoms with Crippen LogP contribution in [0.1, 0.15) is 0 Å². The van der Waals surface area contributed by atoms with Gasteiger partial charge in [-0.2, -0.15) is 0 Å². The summed E-state index contributed by atoms with van der Waals surface area (Å²) in [4.78, 5) is 3.87. The molecule has 4 heteroatoms. The van der Waals surface area contributed by atoms with Gasteiger partial charge >= 0.3 is 0 Å². The van der Waals surface area contributed by atoms with Gasteiger partial charge in [0, 0.05) is 33.0 Å². The number of H-pyrrole nitrogens is 1. The lowest BCUT2D eigenvalue weighted by Gasteiger charge is -2.21. The van der Waals surface area contributed by atoms with Crippen LogP contribution in [0.4, 0.5) is 0 Å². The maximum atomic E-state index is 5.08. The standard InChI is InChI=1S/C57H38N4/c1-4-20-38(21-5-1)41-26-10-12-28-43(41)44-29-13-14-30-45(44)46-31-15-16-32-47(46)50-36-37-51-48-33-18-19-35-52(48)58-56(51)54(50)57-53(55(59-61-60-57)40-24-8-3-9-25-40)49-34-17-11-27-42(49)39-22-6-2-7-23-39/h1-37,58H. The van der Waals surface area contributed by atoms with E-state index in [9.17, 15) is 0 Å². The number of hydrogen-bond donors (Lipinski definition) is 1. The van der Waals surface area contributed by atoms with Crippen molar-refractivity contribution < 1.29 is 0 Å². The zero-order valence-corrected chi connectivity index (χ0v) is 33.2. The minimum atomic E-state index is 0.752. The average molecular weight is 779 g/mol. The summed E-state index contributed by atoms with van der Waals surface area (Å²) in [6.07, 6.45) is 0. The quantitative estimate of drug-likeness (QED) is 0.167. The van der Waals surface area contributed by atoms with E-state index in [-0.39, 0.29) is 0 Å². The van der Waals surface area contributed by atoms with Crippen LogP contribution in [0.2, 0.25) is 0 Å². The van der Waals surface area contributed by atoms with Gasteiger partial charge in [-0.05, 0) is 72.5 Å². The molecule has 9 aromatic carbocycles. The van der Waals surface area contributed by atoms with E-state index in [1.807, 2.05) is 6.07 Å². The van der Waals surface area contributed by atoms with E-state index in [0.29, 0.717) is 0 Å². The second kappa shape index (κ2) is 15.5. The molecule has 11 aromatic rings. The molecule has 0 spiro atoms. The Labute approximate surface area is 354 Å². The van der Waals surface area contributed by atoms with Gasteiger partial charge in [0.25, 0.3) is 0 Å². The highest BCUT2D eigenvalue weighted by molar-refractivity contribution is 6.17. The molecule has 0 aliphatic rings. The highest BCUT2D eigenvalue weighted by Gasteiger charge is 2.27. The molecule has 0 saturated heterocycles. The molecule has 2 aromatic heterocycles. The molecule has 1 N–H and O–H groups in total. The SMILES string of the molecule is c1ccc(-c2ccccc2-c2ccccc2-c2ccccc2-c2ccc3c([nH]c4ccccc43)c2-c2nnnc(-c3ccccc3)c2-c2ccccc2-c2ccccc2)cc1. The third-order valence-corrected chi connectivity index (χ3v) is 11.7. The van der Waals surface area contributed by atoms with Gasteiger partial charge in [0.1, 0.15) is 11.4 Å². The van der Waals surface area contributed by atoms with Crippen molar-refractivity contribution in [1.82, 2.24) is 20.4 Å². The van der Waals surface area contributed by atoms with Gasteiger partial charge in [-0.15, -0.1) is 10.2 Å². The van der Waals surface area contributed by atoms with Gasteiger partial charge in [-0.25, -0.2) is 0 Å². The Balaban J connectivity index is 1.23. The van der Waals surface area contributed by atoms with Crippen molar-refractivity contribution in [3.63, 3.8) is 0 Å². The summed E-state index contributed by atoms with van der Waals surface area (Å²) in [5, 5.41) is 16.8. The molecule has 0 aliphatic heterocycles. The molecule has 0 amide bonds. The zero-order valence-electron chi connectivity index (χ0n) is 33.2. The Hall–Kier alpha value is -8.21. The summed E-state index contributed by atoms with van der Waals surface area (Å²) in [5.74, 6) is 0. The number of nitrogens with one attached hydrogen (secondary N) is 1. The normalized spacial score (nSPS) is 11.3. The number of benzene rings is 9. The monoisotopic (exact) mass is 778 g/mol. The molecule has 0 aliphatic carbocycles. The summed E-state index contributed by atoms with van der Waals surface area (Å²) in [6, 6.07) is 79.4. The fourth-order valence-corrected chi connectivity index (χ4v) is 9.00. The Bertz CT molecular complexity index is 3350. The maximum Gasteiger partial charge on any atom is 0.108 e. The molecule has 11 rings (SSSR count). The van der Waals surface area contributed by atoms with Gasteiger partial charge in [0.05, 0.1) is 5.52 Å². The topological polar surface area (TPSA) is 54.5 Å². The largest absolute Gasteiger partial charge is 0.354 e. The molecule has 0 atom stereocenters. The van der Waals surface area contributed by atoms with Crippen molar-refractivity contribution in [2.75, 3.05) is 0 Å². The molecule has 0 saturated carbocycles. The Kier molecular flexibility index (Phi) is 9.14. The first-order valence-corrected chi connectivity index (χ1v) is 20.6. The molecule has 0 fully saturated rings. The van der Waals surface area contributed by atoms with Crippen molar-refractivity contribution in [2.24, 2.45) is 0 Å². The second-order valence-corrected chi connectivity index (χ2v) is 15.2. The van der Waals surface area contributed by atoms with Crippen molar-refractivity contribution in [1.29, 1.82) is 0 Å². The summed E-state index contributed by atoms with van der Waals surface area (Å²) < 4.78 is 0. The number of nitrogens with zero attached hydrogens (tertiary/aromatic N) is 3. The molecule has 2 heterocycles. The Morgan fingerprint density at radius 1 is 0.262 bits per heavy atom. The number of para-hydroxylation sites is 1. The average Bonchev–Trinajstić information content (AvgIpc) is 3.73. The minimum Gasteiger partial charge on any atom is -0.354 e. The van der Waals surface area contributed by atoms with Crippen LogP contribution in [0.5, 0.6) is 0 Å². The van der Waals surface area contributed by atoms with Crippen LogP contribution >= 0.6 is 0 Å². The van der Waals surface area contributed by atoms with Gasteiger partial charge < -0.3 is 4.98 Å². The van der Waals surface area contributed by atoms with E-state index in [4.69, 9.17) is 10.2 Å². The smallest absolute Gasteiger partial charge is 0.108 e. The lowest BCUT2D eigenvalue weighted by Crippen LogP contribution is -2.03. The van der Waals surface area contributed by atoms with E-state index in [0.717, 1.165) is 94.4 Å². The highest BCUT2D eigenvalue weighted by atomic mass is 15.3. The van der Waals surface area contributed by atoms with Gasteiger partial charge in [-0.3, -0.25) is 0 Å². The van der Waals surface area contributed by atoms with Crippen LogP contribution in [0.25, 0.3) is 111 Å². The number of aromatic amines is 1. The van der Waals surface area contributed by atoms with Crippen molar-refractivity contribution in [2.45, 2.75) is 0 Å². The van der Waals surface area contributed by atoms with Crippen LogP contribution in [0, 0.1) is 0 Å². The third kappa shape index (κ3) is 6.39. The number of fused-ring (bicyclic) bond motifs is 3. The number of hydrogen-bond acceptors (Lipinski definition) is 3. The van der Waals surface area contributed by atoms with Crippen molar-refractivity contribution >= 4 is 21.8 Å². The van der Waals surface area contributed by atoms with E-state index in [1.165, 1.54) is 16.7 Å². The summed E-state index contributed by atoms with van der Waals surface area (Å²) in [5.41, 5.74) is 18.8. The Morgan fingerprint density at radius 2 is 0.672 bits per heavy atom. The van der Waals surface area contributed by atoms with Crippen LogP contribution in [-0.2, 0) is 0 Å². The van der Waals surface area contributed by atoms with Crippen molar-refractivity contribution in [3.05, 3.63) is 224 Å². The fourth-order valence-electron chi connectivity index (χ4n) is 9.00. The number of aromatic nitrogens is 4. The molecule has 286 valence electrons. The predicted molar refractivity (Wildman–Crippen MR) is 253 cm³/mol. The maximum absolute atomic E-state index is 5.08. The molecule has 0 unspecified atom stereocenters. The van der Waals surface area contributed by atoms with Crippen LogP contribution < -0.4 is 0 Å². The van der Waals surface area contributed by atoms with Crippen LogP contribution in [0.3, 0.4) is 0 Å². The summed E-state index contributed by atoms with van der Waals surface area (Å²) in [6.45, 7) is 0. The molecule has 0 radical (unpaired) electrons. The number of rotatable bonds is 8. The van der Waals surface area contributed by atoms with Crippen molar-refractivity contribution in [3.8, 4) is 89.3 Å². The van der Waals surface area contributed by atoms with Crippen LogP contribution in [0.15, 0.2) is 224 Å². The third-order valence-electron chi connectivity index (χ3n) is 11.7. The van der Waals surface area contributed by atoms with Gasteiger partial charge in [0.15, 0.2) is 0 Å². The Morgan fingerprint density at radius 3 is 1.25 bits per heavy atom. The van der Waals surface area contributed by atoms with E-state index >= 15 is 0 Å². The first-order chi connectivity index (χ1) is 30.3. The molecule has 4 nitrogen and oxygen atoms in total. The first kappa shape index (κ1) is 35.9. The predicted octanol–water partition coefficient (Wildman–Crippen LogP) is 14.8. The second-order valence-electron chi connectivity index (χ2n) is 15.2. The molecule has 0 bridgehead atoms. The lowest BCUT2D eigenvalue weighted by atomic mass is 9.83. The fraction of sp³-hybridized carbons (Fsp3) is 0. The molecular weight excluding hydrogens is 741 g/mol. The zero-order chi connectivity index (χ0) is 40.5. The lowest BCUT2D eigenvalue weighted by molar-refractivity contribution is 0.879. The van der Waals surface area contributed by atoms with E-state index in [2.05, 4.69) is 229 Å². The summed E-state index contributed by atoms with van der Waals surface area (Å²) >= 11 is 0. The van der Waals surface area contributed by atoms with E-state index < -0.39 is 0 Å². The molecule has 61 heavy (non-hydrogen) atoms. The molecular formula is C57H38N4. The van der Waals surface area contributed by atoms with Crippen LogP contribution in [-0.4, -0.2) is 20.4 Å². The minimum absolute atomic E-state index is 0.752. The first-order valence-electron chi connectivity index (χ1n) is 20.6. The summed E-state index contributed by atoms with van der Waals surface area (Å²) in [7, 11) is 0. The van der Waals surface area contributed by atoms with Gasteiger partial charge in [0.2, 0.25) is 0 Å². The highest BCUT2D eigenvalue weighted by Crippen LogP contribution is 2.49. The van der Waals surface area contributed by atoms with E-state index in [1.54, 1.807) is 0 Å². The van der Waals surface area contributed by atoms with Gasteiger partial charge in [-0.1, -0.05) is 218 Å².